The molecule has 5 heterocycles. The molecule has 1 N–H and O–H groups in total. The van der Waals surface area contributed by atoms with E-state index in [4.69, 9.17) is 4.98 Å². The molecule has 0 atom stereocenters. The van der Waals surface area contributed by atoms with E-state index in [1.54, 1.807) is 0 Å². The largest absolute Gasteiger partial charge is 0.341 e. The van der Waals surface area contributed by atoms with Gasteiger partial charge in [0.15, 0.2) is 0 Å². The van der Waals surface area contributed by atoms with Crippen LogP contribution >= 0.6 is 0 Å². The molecular weight excluding hydrogens is 388 g/mol. The van der Waals surface area contributed by atoms with Crippen molar-refractivity contribution in [2.45, 2.75) is 42.5 Å². The molecule has 9 heteroatoms. The van der Waals surface area contributed by atoms with Crippen LogP contribution in [0.2, 0.25) is 0 Å². The van der Waals surface area contributed by atoms with Gasteiger partial charge in [0.1, 0.15) is 4.90 Å². The minimum absolute atomic E-state index is 0.255. The summed E-state index contributed by atoms with van der Waals surface area (Å²) in [5, 5.41) is 0. The Labute approximate surface area is 171 Å². The third-order valence-corrected chi connectivity index (χ3v) is 7.85. The van der Waals surface area contributed by atoms with Gasteiger partial charge in [-0.3, -0.25) is 9.88 Å². The third kappa shape index (κ3) is 3.51. The van der Waals surface area contributed by atoms with Gasteiger partial charge in [-0.25, -0.2) is 23.1 Å². The van der Waals surface area contributed by atoms with Crippen molar-refractivity contribution in [1.29, 1.82) is 0 Å². The lowest BCUT2D eigenvalue weighted by atomic mass is 9.75. The number of hydrogen-bond acceptors (Lipinski definition) is 7. The first kappa shape index (κ1) is 18.9. The zero-order valence-corrected chi connectivity index (χ0v) is 17.2. The predicted octanol–water partition coefficient (Wildman–Crippen LogP) is 1.30. The molecule has 0 bridgehead atoms. The molecule has 29 heavy (non-hydrogen) atoms. The van der Waals surface area contributed by atoms with Crippen molar-refractivity contribution in [2.75, 3.05) is 37.6 Å². The van der Waals surface area contributed by atoms with Crippen LogP contribution in [-0.2, 0) is 22.0 Å². The zero-order valence-electron chi connectivity index (χ0n) is 16.4. The molecule has 0 aliphatic carbocycles. The molecule has 3 aliphatic heterocycles. The molecule has 0 unspecified atom stereocenters. The van der Waals surface area contributed by atoms with E-state index in [2.05, 4.69) is 24.5 Å². The van der Waals surface area contributed by atoms with Crippen molar-refractivity contribution < 1.29 is 8.42 Å². The summed E-state index contributed by atoms with van der Waals surface area (Å²) in [7, 11) is -3.54. The lowest BCUT2D eigenvalue weighted by Crippen LogP contribution is -2.53. The van der Waals surface area contributed by atoms with Crippen molar-refractivity contribution in [3.05, 3.63) is 42.0 Å². The molecule has 0 amide bonds. The number of rotatable bonds is 3. The van der Waals surface area contributed by atoms with Gasteiger partial charge in [0, 0.05) is 37.8 Å². The highest BCUT2D eigenvalue weighted by molar-refractivity contribution is 7.89. The monoisotopic (exact) mass is 414 g/mol. The summed E-state index contributed by atoms with van der Waals surface area (Å²) in [5.41, 5.74) is 1.51. The number of nitrogens with zero attached hydrogens (tertiary/aromatic N) is 5. The number of piperidine rings is 1. The van der Waals surface area contributed by atoms with E-state index in [1.807, 2.05) is 24.4 Å². The number of nitrogens with one attached hydrogen (secondary N) is 1. The van der Waals surface area contributed by atoms with Gasteiger partial charge >= 0.3 is 0 Å². The van der Waals surface area contributed by atoms with E-state index in [0.717, 1.165) is 64.1 Å². The average molecular weight is 415 g/mol. The van der Waals surface area contributed by atoms with E-state index in [0.29, 0.717) is 18.2 Å². The first-order chi connectivity index (χ1) is 14.1. The first-order valence-corrected chi connectivity index (χ1v) is 11.8. The number of anilines is 1. The number of fused-ring (bicyclic) bond motifs is 2. The van der Waals surface area contributed by atoms with Crippen LogP contribution in [0, 0.1) is 0 Å². The van der Waals surface area contributed by atoms with Crippen molar-refractivity contribution in [3.63, 3.8) is 0 Å². The van der Waals surface area contributed by atoms with E-state index >= 15 is 0 Å². The van der Waals surface area contributed by atoms with Gasteiger partial charge in [-0.1, -0.05) is 6.07 Å². The van der Waals surface area contributed by atoms with Crippen LogP contribution in [0.3, 0.4) is 0 Å². The molecule has 0 aromatic carbocycles. The van der Waals surface area contributed by atoms with Crippen LogP contribution in [0.15, 0.2) is 35.5 Å². The van der Waals surface area contributed by atoms with Crippen LogP contribution in [0.4, 0.5) is 5.95 Å². The van der Waals surface area contributed by atoms with E-state index < -0.39 is 10.0 Å². The van der Waals surface area contributed by atoms with Crippen molar-refractivity contribution in [2.24, 2.45) is 0 Å². The van der Waals surface area contributed by atoms with Crippen LogP contribution in [0.25, 0.3) is 0 Å². The number of aromatic nitrogens is 3. The number of sulfonamides is 1. The second-order valence-electron chi connectivity index (χ2n) is 8.28. The fourth-order valence-electron chi connectivity index (χ4n) is 4.68. The molecule has 2 aromatic rings. The molecule has 5 rings (SSSR count). The zero-order chi connectivity index (χ0) is 19.9. The number of likely N-dealkylation sites (tertiary alicyclic amines) is 1. The molecule has 0 saturated carbocycles. The predicted molar refractivity (Wildman–Crippen MR) is 109 cm³/mol. The van der Waals surface area contributed by atoms with Crippen molar-refractivity contribution in [1.82, 2.24) is 24.6 Å². The molecule has 154 valence electrons. The molecule has 3 aliphatic rings. The highest BCUT2D eigenvalue weighted by atomic mass is 32.2. The summed E-state index contributed by atoms with van der Waals surface area (Å²) in [6.45, 7) is 4.89. The van der Waals surface area contributed by atoms with Gasteiger partial charge < -0.3 is 4.90 Å². The van der Waals surface area contributed by atoms with Gasteiger partial charge in [-0.05, 0) is 50.9 Å². The van der Waals surface area contributed by atoms with E-state index in [-0.39, 0.29) is 10.3 Å². The van der Waals surface area contributed by atoms with Gasteiger partial charge in [-0.2, -0.15) is 0 Å². The Morgan fingerprint density at radius 3 is 2.59 bits per heavy atom. The van der Waals surface area contributed by atoms with Crippen LogP contribution < -0.4 is 9.62 Å². The topological polar surface area (TPSA) is 91.3 Å². The lowest BCUT2D eigenvalue weighted by molar-refractivity contribution is 0.145. The minimum atomic E-state index is -3.54. The Kier molecular flexibility index (Phi) is 4.76. The Hall–Kier alpha value is -2.10. The molecule has 1 spiro atoms. The van der Waals surface area contributed by atoms with Gasteiger partial charge in [0.2, 0.25) is 16.0 Å². The second-order valence-corrected chi connectivity index (χ2v) is 10.0. The molecular formula is C20H26N6O2S. The lowest BCUT2D eigenvalue weighted by Gasteiger charge is -2.44. The van der Waals surface area contributed by atoms with Gasteiger partial charge in [0.25, 0.3) is 0 Å². The fourth-order valence-corrected chi connectivity index (χ4v) is 6.01. The maximum absolute atomic E-state index is 12.6. The normalized spacial score (nSPS) is 23.2. The van der Waals surface area contributed by atoms with Crippen LogP contribution in [0.5, 0.6) is 0 Å². The Bertz CT molecular complexity index is 983. The Balaban J connectivity index is 1.42. The summed E-state index contributed by atoms with van der Waals surface area (Å²) in [6.07, 6.45) is 7.34. The molecule has 2 aromatic heterocycles. The molecule has 2 fully saturated rings. The quantitative estimate of drug-likeness (QED) is 0.809. The Morgan fingerprint density at radius 1 is 1.07 bits per heavy atom. The molecule has 8 nitrogen and oxygen atoms in total. The standard InChI is InChI=1S/C20H26N6O2S/c27-29(28)17-13-22-19(26-9-3-4-10-26)24-18(17)20(15-23-29)6-11-25(12-7-20)14-16-5-1-2-8-21-16/h1-2,5,8,13,23H,3-4,6-7,9-12,14-15H2. The molecule has 2 saturated heterocycles. The van der Waals surface area contributed by atoms with Gasteiger partial charge in [0.05, 0.1) is 17.6 Å². The average Bonchev–Trinajstić information content (AvgIpc) is 3.28. The SMILES string of the molecule is O=S1(=O)NCC2(CCN(Cc3ccccn3)CC2)c2nc(N3CCCC3)ncc21. The number of pyridine rings is 1. The minimum Gasteiger partial charge on any atom is -0.341 e. The highest BCUT2D eigenvalue weighted by Crippen LogP contribution is 2.41. The third-order valence-electron chi connectivity index (χ3n) is 6.45. The summed E-state index contributed by atoms with van der Waals surface area (Å²) in [5.74, 6) is 0.675. The summed E-state index contributed by atoms with van der Waals surface area (Å²) in [4.78, 5) is 18.5. The fraction of sp³-hybridized carbons (Fsp3) is 0.550. The van der Waals surface area contributed by atoms with Crippen molar-refractivity contribution in [3.8, 4) is 0 Å². The number of hydrogen-bond donors (Lipinski definition) is 1. The molecule has 0 radical (unpaired) electrons. The van der Waals surface area contributed by atoms with Gasteiger partial charge in [-0.15, -0.1) is 0 Å². The summed E-state index contributed by atoms with van der Waals surface area (Å²) < 4.78 is 28.0. The van der Waals surface area contributed by atoms with Crippen LogP contribution in [-0.4, -0.2) is 61.0 Å². The summed E-state index contributed by atoms with van der Waals surface area (Å²) >= 11 is 0. The maximum atomic E-state index is 12.6. The van der Waals surface area contributed by atoms with E-state index in [9.17, 15) is 8.42 Å². The smallest absolute Gasteiger partial charge is 0.243 e. The van der Waals surface area contributed by atoms with Crippen LogP contribution in [0.1, 0.15) is 37.1 Å². The van der Waals surface area contributed by atoms with Crippen molar-refractivity contribution >= 4 is 16.0 Å². The van der Waals surface area contributed by atoms with E-state index in [1.165, 1.54) is 6.20 Å². The highest BCUT2D eigenvalue weighted by Gasteiger charge is 2.46. The Morgan fingerprint density at radius 2 is 1.86 bits per heavy atom. The first-order valence-electron chi connectivity index (χ1n) is 10.3. The second kappa shape index (κ2) is 7.30. The summed E-state index contributed by atoms with van der Waals surface area (Å²) in [6, 6.07) is 5.98. The maximum Gasteiger partial charge on any atom is 0.243 e.